The molecule has 2 heteroatoms. The van der Waals surface area contributed by atoms with Gasteiger partial charge in [-0.05, 0) is 50.8 Å². The largest absolute Gasteiger partial charge is 0.399 e. The van der Waals surface area contributed by atoms with Crippen molar-refractivity contribution in [1.29, 1.82) is 0 Å². The third kappa shape index (κ3) is 2.81. The number of rotatable bonds is 2. The summed E-state index contributed by atoms with van der Waals surface area (Å²) in [6.45, 7) is 7.78. The average Bonchev–Trinajstić information content (AvgIpc) is 2.28. The second-order valence-electron chi connectivity index (χ2n) is 5.49. The number of nitrogen functional groups attached to an aromatic ring is 1. The Hall–Kier alpha value is -1.02. The zero-order valence-corrected chi connectivity index (χ0v) is 11.2. The average molecular weight is 232 g/mol. The van der Waals surface area contributed by atoms with Crippen LogP contribution in [-0.2, 0) is 6.54 Å². The summed E-state index contributed by atoms with van der Waals surface area (Å²) < 4.78 is 0. The zero-order valence-electron chi connectivity index (χ0n) is 11.2. The molecule has 2 nitrogen and oxygen atoms in total. The molecule has 0 spiro atoms. The number of aryl methyl sites for hydroxylation is 1. The van der Waals surface area contributed by atoms with E-state index in [1.807, 2.05) is 0 Å². The van der Waals surface area contributed by atoms with Crippen LogP contribution in [-0.4, -0.2) is 17.0 Å². The topological polar surface area (TPSA) is 29.3 Å². The van der Waals surface area contributed by atoms with Gasteiger partial charge >= 0.3 is 0 Å². The van der Waals surface area contributed by atoms with E-state index >= 15 is 0 Å². The standard InChI is InChI=1S/C15H24N2/c1-11-7-8-14(9-15(11)16)10-17-12(2)5-4-6-13(17)3/h7-9,12-13H,4-6,10,16H2,1-3H3/t12-,13+. The third-order valence-corrected chi connectivity index (χ3v) is 4.08. The van der Waals surface area contributed by atoms with Crippen molar-refractivity contribution in [3.05, 3.63) is 29.3 Å². The quantitative estimate of drug-likeness (QED) is 0.792. The molecule has 2 rings (SSSR count). The minimum atomic E-state index is 0.696. The van der Waals surface area contributed by atoms with Crippen LogP contribution in [0.1, 0.15) is 44.2 Å². The van der Waals surface area contributed by atoms with E-state index in [4.69, 9.17) is 5.73 Å². The highest BCUT2D eigenvalue weighted by Crippen LogP contribution is 2.25. The smallest absolute Gasteiger partial charge is 0.0346 e. The van der Waals surface area contributed by atoms with Gasteiger partial charge in [-0.25, -0.2) is 0 Å². The van der Waals surface area contributed by atoms with Crippen LogP contribution in [0.3, 0.4) is 0 Å². The summed E-state index contributed by atoms with van der Waals surface area (Å²) in [5.74, 6) is 0. The van der Waals surface area contributed by atoms with Gasteiger partial charge in [0.2, 0.25) is 0 Å². The lowest BCUT2D eigenvalue weighted by atomic mass is 9.96. The van der Waals surface area contributed by atoms with Crippen LogP contribution in [0.2, 0.25) is 0 Å². The van der Waals surface area contributed by atoms with Gasteiger partial charge in [-0.3, -0.25) is 4.90 Å². The molecule has 0 amide bonds. The summed E-state index contributed by atoms with van der Waals surface area (Å²) in [6, 6.07) is 7.86. The molecule has 1 aromatic rings. The molecule has 1 aliphatic rings. The predicted octanol–water partition coefficient (Wildman–Crippen LogP) is 3.34. The molecular weight excluding hydrogens is 208 g/mol. The van der Waals surface area contributed by atoms with Gasteiger partial charge in [0.15, 0.2) is 0 Å². The molecular formula is C15H24N2. The Balaban J connectivity index is 2.10. The highest BCUT2D eigenvalue weighted by atomic mass is 15.2. The van der Waals surface area contributed by atoms with Crippen molar-refractivity contribution in [2.75, 3.05) is 5.73 Å². The number of benzene rings is 1. The van der Waals surface area contributed by atoms with Crippen LogP contribution in [0.4, 0.5) is 5.69 Å². The number of hydrogen-bond donors (Lipinski definition) is 1. The molecule has 1 fully saturated rings. The van der Waals surface area contributed by atoms with Crippen LogP contribution in [0.5, 0.6) is 0 Å². The van der Waals surface area contributed by atoms with E-state index in [0.717, 1.165) is 12.2 Å². The van der Waals surface area contributed by atoms with Crippen LogP contribution in [0, 0.1) is 6.92 Å². The van der Waals surface area contributed by atoms with Gasteiger partial charge in [0, 0.05) is 24.3 Å². The van der Waals surface area contributed by atoms with Crippen molar-refractivity contribution in [3.63, 3.8) is 0 Å². The van der Waals surface area contributed by atoms with Gasteiger partial charge in [-0.2, -0.15) is 0 Å². The van der Waals surface area contributed by atoms with E-state index < -0.39 is 0 Å². The Morgan fingerprint density at radius 2 is 1.88 bits per heavy atom. The van der Waals surface area contributed by atoms with Crippen molar-refractivity contribution in [2.45, 2.75) is 58.7 Å². The Bertz CT molecular complexity index is 377. The SMILES string of the molecule is Cc1ccc(CN2[C@H](C)CCC[C@@H]2C)cc1N. The predicted molar refractivity (Wildman–Crippen MR) is 73.9 cm³/mol. The second-order valence-corrected chi connectivity index (χ2v) is 5.49. The van der Waals surface area contributed by atoms with E-state index in [0.29, 0.717) is 12.1 Å². The van der Waals surface area contributed by atoms with Crippen molar-refractivity contribution in [3.8, 4) is 0 Å². The fourth-order valence-corrected chi connectivity index (χ4v) is 2.79. The first-order chi connectivity index (χ1) is 8.08. The number of nitrogens with zero attached hydrogens (tertiary/aromatic N) is 1. The fourth-order valence-electron chi connectivity index (χ4n) is 2.79. The number of anilines is 1. The summed E-state index contributed by atoms with van der Waals surface area (Å²) in [5, 5.41) is 0. The number of likely N-dealkylation sites (tertiary alicyclic amines) is 1. The van der Waals surface area contributed by atoms with Crippen LogP contribution < -0.4 is 5.73 Å². The van der Waals surface area contributed by atoms with E-state index in [1.54, 1.807) is 0 Å². The molecule has 0 radical (unpaired) electrons. The molecule has 1 aliphatic heterocycles. The minimum absolute atomic E-state index is 0.696. The molecule has 0 bridgehead atoms. The molecule has 0 unspecified atom stereocenters. The minimum Gasteiger partial charge on any atom is -0.399 e. The molecule has 17 heavy (non-hydrogen) atoms. The van der Waals surface area contributed by atoms with Gasteiger partial charge in [-0.1, -0.05) is 18.6 Å². The maximum absolute atomic E-state index is 5.98. The van der Waals surface area contributed by atoms with Crippen LogP contribution >= 0.6 is 0 Å². The van der Waals surface area contributed by atoms with Crippen molar-refractivity contribution < 1.29 is 0 Å². The summed E-state index contributed by atoms with van der Waals surface area (Å²) in [4.78, 5) is 2.60. The third-order valence-electron chi connectivity index (χ3n) is 4.08. The van der Waals surface area contributed by atoms with Gasteiger partial charge in [0.25, 0.3) is 0 Å². The molecule has 2 N–H and O–H groups in total. The number of hydrogen-bond acceptors (Lipinski definition) is 2. The molecule has 2 atom stereocenters. The lowest BCUT2D eigenvalue weighted by Crippen LogP contribution is -2.42. The second kappa shape index (κ2) is 5.09. The molecule has 0 saturated carbocycles. The Morgan fingerprint density at radius 1 is 1.24 bits per heavy atom. The Labute approximate surface area is 105 Å². The Kier molecular flexibility index (Phi) is 3.72. The van der Waals surface area contributed by atoms with E-state index in [2.05, 4.69) is 43.9 Å². The first-order valence-electron chi connectivity index (χ1n) is 6.68. The molecule has 0 aromatic heterocycles. The van der Waals surface area contributed by atoms with E-state index in [1.165, 1.54) is 30.4 Å². The zero-order chi connectivity index (χ0) is 12.4. The van der Waals surface area contributed by atoms with E-state index in [9.17, 15) is 0 Å². The fraction of sp³-hybridized carbons (Fsp3) is 0.600. The highest BCUT2D eigenvalue weighted by Gasteiger charge is 2.24. The van der Waals surface area contributed by atoms with Gasteiger partial charge in [-0.15, -0.1) is 0 Å². The van der Waals surface area contributed by atoms with E-state index in [-0.39, 0.29) is 0 Å². The summed E-state index contributed by atoms with van der Waals surface area (Å²) in [5.41, 5.74) is 9.41. The highest BCUT2D eigenvalue weighted by molar-refractivity contribution is 5.48. The van der Waals surface area contributed by atoms with Crippen molar-refractivity contribution in [1.82, 2.24) is 4.90 Å². The lowest BCUT2D eigenvalue weighted by molar-refractivity contribution is 0.0953. The normalized spacial score (nSPS) is 26.1. The van der Waals surface area contributed by atoms with Crippen molar-refractivity contribution >= 4 is 5.69 Å². The number of nitrogens with two attached hydrogens (primary N) is 1. The lowest BCUT2D eigenvalue weighted by Gasteiger charge is -2.39. The maximum Gasteiger partial charge on any atom is 0.0346 e. The molecule has 1 aromatic carbocycles. The first-order valence-corrected chi connectivity index (χ1v) is 6.68. The van der Waals surface area contributed by atoms with Gasteiger partial charge in [0.1, 0.15) is 0 Å². The molecule has 94 valence electrons. The van der Waals surface area contributed by atoms with Crippen molar-refractivity contribution in [2.24, 2.45) is 0 Å². The summed E-state index contributed by atoms with van der Waals surface area (Å²) in [7, 11) is 0. The molecule has 1 saturated heterocycles. The van der Waals surface area contributed by atoms with Crippen LogP contribution in [0.25, 0.3) is 0 Å². The van der Waals surface area contributed by atoms with Gasteiger partial charge in [0.05, 0.1) is 0 Å². The maximum atomic E-state index is 5.98. The first kappa shape index (κ1) is 12.4. The summed E-state index contributed by atoms with van der Waals surface area (Å²) >= 11 is 0. The molecule has 0 aliphatic carbocycles. The number of piperidine rings is 1. The Morgan fingerprint density at radius 3 is 2.47 bits per heavy atom. The monoisotopic (exact) mass is 232 g/mol. The molecule has 1 heterocycles. The summed E-state index contributed by atoms with van der Waals surface area (Å²) in [6.07, 6.45) is 4.02. The van der Waals surface area contributed by atoms with Gasteiger partial charge < -0.3 is 5.73 Å². The van der Waals surface area contributed by atoms with Crippen LogP contribution in [0.15, 0.2) is 18.2 Å².